The summed E-state index contributed by atoms with van der Waals surface area (Å²) in [6.45, 7) is -0.0259. The SMILES string of the molecule is CON(C)C(=O)CCOC(N)=O. The van der Waals surface area contributed by atoms with E-state index < -0.39 is 6.09 Å². The summed E-state index contributed by atoms with van der Waals surface area (Å²) in [6.07, 6.45) is -0.823. The molecule has 0 fully saturated rings. The van der Waals surface area contributed by atoms with Crippen LogP contribution in [-0.4, -0.2) is 37.8 Å². The smallest absolute Gasteiger partial charge is 0.404 e. The molecule has 6 nitrogen and oxygen atoms in total. The number of ether oxygens (including phenoxy) is 1. The Bertz CT molecular complexity index is 171. The van der Waals surface area contributed by atoms with E-state index in [1.54, 1.807) is 0 Å². The lowest BCUT2D eigenvalue weighted by Crippen LogP contribution is -2.27. The highest BCUT2D eigenvalue weighted by Gasteiger charge is 2.07. The first kappa shape index (κ1) is 10.7. The lowest BCUT2D eigenvalue weighted by atomic mass is 10.4. The topological polar surface area (TPSA) is 81.9 Å². The van der Waals surface area contributed by atoms with Gasteiger partial charge in [0.05, 0.1) is 13.5 Å². The Balaban J connectivity index is 3.50. The van der Waals surface area contributed by atoms with Crippen molar-refractivity contribution in [3.05, 3.63) is 0 Å². The van der Waals surface area contributed by atoms with E-state index in [1.165, 1.54) is 14.2 Å². The zero-order chi connectivity index (χ0) is 9.56. The van der Waals surface area contributed by atoms with Crippen molar-refractivity contribution >= 4 is 12.0 Å². The van der Waals surface area contributed by atoms with Gasteiger partial charge in [-0.1, -0.05) is 0 Å². The van der Waals surface area contributed by atoms with Crippen molar-refractivity contribution in [2.75, 3.05) is 20.8 Å². The summed E-state index contributed by atoms with van der Waals surface area (Å²) in [4.78, 5) is 25.6. The molecule has 0 atom stereocenters. The fourth-order valence-electron chi connectivity index (χ4n) is 0.498. The van der Waals surface area contributed by atoms with Crippen LogP contribution in [0, 0.1) is 0 Å². The zero-order valence-electron chi connectivity index (χ0n) is 7.07. The zero-order valence-corrected chi connectivity index (χ0v) is 7.07. The second-order valence-electron chi connectivity index (χ2n) is 1.99. The average molecular weight is 176 g/mol. The predicted octanol–water partition coefficient (Wildman–Crippen LogP) is -0.508. The second-order valence-corrected chi connectivity index (χ2v) is 1.99. The third-order valence-electron chi connectivity index (χ3n) is 1.19. The van der Waals surface area contributed by atoms with Gasteiger partial charge in [-0.2, -0.15) is 0 Å². The molecule has 0 aliphatic rings. The molecule has 0 aliphatic carbocycles. The number of primary amides is 1. The van der Waals surface area contributed by atoms with E-state index in [1.807, 2.05) is 0 Å². The van der Waals surface area contributed by atoms with Crippen molar-refractivity contribution in [1.82, 2.24) is 5.06 Å². The molecular weight excluding hydrogens is 164 g/mol. The number of carbonyl (C=O) groups excluding carboxylic acids is 2. The summed E-state index contributed by atoms with van der Waals surface area (Å²) >= 11 is 0. The van der Waals surface area contributed by atoms with Crippen LogP contribution in [0.1, 0.15) is 6.42 Å². The number of hydroxylamine groups is 2. The van der Waals surface area contributed by atoms with Crippen LogP contribution in [0.25, 0.3) is 0 Å². The van der Waals surface area contributed by atoms with Gasteiger partial charge in [-0.15, -0.1) is 0 Å². The Kier molecular flexibility index (Phi) is 4.78. The molecule has 0 aliphatic heterocycles. The van der Waals surface area contributed by atoms with Gasteiger partial charge in [-0.05, 0) is 0 Å². The highest BCUT2D eigenvalue weighted by atomic mass is 16.7. The molecule has 2 amide bonds. The normalized spacial score (nSPS) is 9.17. The van der Waals surface area contributed by atoms with Crippen LogP contribution in [0.2, 0.25) is 0 Å². The summed E-state index contributed by atoms with van der Waals surface area (Å²) in [7, 11) is 2.83. The Morgan fingerprint density at radius 2 is 2.08 bits per heavy atom. The van der Waals surface area contributed by atoms with Crippen LogP contribution in [0.5, 0.6) is 0 Å². The van der Waals surface area contributed by atoms with Gasteiger partial charge in [0.2, 0.25) is 5.91 Å². The molecule has 0 unspecified atom stereocenters. The number of nitrogens with two attached hydrogens (primary N) is 1. The minimum Gasteiger partial charge on any atom is -0.449 e. The van der Waals surface area contributed by atoms with E-state index in [9.17, 15) is 9.59 Å². The minimum atomic E-state index is -0.886. The largest absolute Gasteiger partial charge is 0.449 e. The summed E-state index contributed by atoms with van der Waals surface area (Å²) in [6, 6.07) is 0. The molecule has 2 N–H and O–H groups in total. The number of hydrogen-bond donors (Lipinski definition) is 1. The fraction of sp³-hybridized carbons (Fsp3) is 0.667. The molecule has 0 aromatic rings. The van der Waals surface area contributed by atoms with Crippen molar-refractivity contribution in [2.24, 2.45) is 5.73 Å². The number of carbonyl (C=O) groups is 2. The quantitative estimate of drug-likeness (QED) is 0.585. The lowest BCUT2D eigenvalue weighted by Gasteiger charge is -2.12. The number of amides is 2. The highest BCUT2D eigenvalue weighted by Crippen LogP contribution is 1.90. The first-order chi connectivity index (χ1) is 5.57. The average Bonchev–Trinajstić information content (AvgIpc) is 2.02. The second kappa shape index (κ2) is 5.36. The highest BCUT2D eigenvalue weighted by molar-refractivity contribution is 5.75. The van der Waals surface area contributed by atoms with Crippen LogP contribution in [0.3, 0.4) is 0 Å². The first-order valence-corrected chi connectivity index (χ1v) is 3.30. The fourth-order valence-corrected chi connectivity index (χ4v) is 0.498. The molecule has 0 saturated heterocycles. The van der Waals surface area contributed by atoms with Crippen molar-refractivity contribution in [3.8, 4) is 0 Å². The van der Waals surface area contributed by atoms with Crippen LogP contribution in [0.15, 0.2) is 0 Å². The Morgan fingerprint density at radius 1 is 1.50 bits per heavy atom. The van der Waals surface area contributed by atoms with E-state index in [4.69, 9.17) is 0 Å². The van der Waals surface area contributed by atoms with Gasteiger partial charge in [0, 0.05) is 7.05 Å². The van der Waals surface area contributed by atoms with E-state index in [2.05, 4.69) is 15.3 Å². The van der Waals surface area contributed by atoms with E-state index >= 15 is 0 Å². The number of hydrogen-bond acceptors (Lipinski definition) is 4. The molecule has 6 heteroatoms. The maximum Gasteiger partial charge on any atom is 0.404 e. The van der Waals surface area contributed by atoms with Crippen molar-refractivity contribution in [3.63, 3.8) is 0 Å². The lowest BCUT2D eigenvalue weighted by molar-refractivity contribution is -0.169. The maximum atomic E-state index is 10.9. The summed E-state index contributed by atoms with van der Waals surface area (Å²) < 4.78 is 4.34. The molecule has 12 heavy (non-hydrogen) atoms. The number of rotatable bonds is 4. The summed E-state index contributed by atoms with van der Waals surface area (Å²) in [5, 5.41) is 1.05. The molecule has 0 saturated carbocycles. The standard InChI is InChI=1S/C6H12N2O4/c1-8(11-2)5(9)3-4-12-6(7)10/h3-4H2,1-2H3,(H2,7,10). The van der Waals surface area contributed by atoms with Crippen molar-refractivity contribution in [1.29, 1.82) is 0 Å². The molecule has 0 aromatic carbocycles. The molecule has 70 valence electrons. The van der Waals surface area contributed by atoms with Crippen molar-refractivity contribution < 1.29 is 19.2 Å². The van der Waals surface area contributed by atoms with Crippen LogP contribution < -0.4 is 5.73 Å². The van der Waals surface area contributed by atoms with Gasteiger partial charge < -0.3 is 10.5 Å². The Labute approximate surface area is 70.2 Å². The van der Waals surface area contributed by atoms with Gasteiger partial charge >= 0.3 is 6.09 Å². The monoisotopic (exact) mass is 176 g/mol. The van der Waals surface area contributed by atoms with Gasteiger partial charge in [0.25, 0.3) is 0 Å². The molecule has 0 spiro atoms. The summed E-state index contributed by atoms with van der Waals surface area (Å²) in [5.41, 5.74) is 4.67. The minimum absolute atomic E-state index is 0.0259. The number of nitrogens with zero attached hydrogens (tertiary/aromatic N) is 1. The van der Waals surface area contributed by atoms with Crippen LogP contribution >= 0.6 is 0 Å². The summed E-state index contributed by atoms with van der Waals surface area (Å²) in [5.74, 6) is -0.279. The molecular formula is C6H12N2O4. The van der Waals surface area contributed by atoms with Crippen LogP contribution in [-0.2, 0) is 14.4 Å². The molecule has 0 heterocycles. The van der Waals surface area contributed by atoms with E-state index in [-0.39, 0.29) is 18.9 Å². The van der Waals surface area contributed by atoms with Gasteiger partial charge in [-0.3, -0.25) is 9.63 Å². The van der Waals surface area contributed by atoms with Gasteiger partial charge in [-0.25, -0.2) is 9.86 Å². The third-order valence-corrected chi connectivity index (χ3v) is 1.19. The molecule has 0 bridgehead atoms. The van der Waals surface area contributed by atoms with Gasteiger partial charge in [0.15, 0.2) is 0 Å². The van der Waals surface area contributed by atoms with Crippen molar-refractivity contribution in [2.45, 2.75) is 6.42 Å². The Hall–Kier alpha value is -1.30. The molecule has 0 rings (SSSR count). The maximum absolute atomic E-state index is 10.9. The van der Waals surface area contributed by atoms with Crippen LogP contribution in [0.4, 0.5) is 4.79 Å². The van der Waals surface area contributed by atoms with E-state index in [0.29, 0.717) is 0 Å². The first-order valence-electron chi connectivity index (χ1n) is 3.30. The molecule has 0 radical (unpaired) electrons. The molecule has 0 aromatic heterocycles. The van der Waals surface area contributed by atoms with Gasteiger partial charge in [0.1, 0.15) is 6.61 Å². The predicted molar refractivity (Wildman–Crippen MR) is 39.9 cm³/mol. The third kappa shape index (κ3) is 4.51. The van der Waals surface area contributed by atoms with E-state index in [0.717, 1.165) is 5.06 Å². The Morgan fingerprint density at radius 3 is 2.50 bits per heavy atom.